The Balaban J connectivity index is 1.97. The lowest BCUT2D eigenvalue weighted by Crippen LogP contribution is -2.27. The van der Waals surface area contributed by atoms with E-state index in [9.17, 15) is 0 Å². The van der Waals surface area contributed by atoms with Gasteiger partial charge in [-0.1, -0.05) is 74.1 Å². The number of benzene rings is 2. The minimum absolute atomic E-state index is 0.487. The van der Waals surface area contributed by atoms with E-state index in [1.807, 2.05) is 0 Å². The number of nitrogens with one attached hydrogen (secondary N) is 1. The van der Waals surface area contributed by atoms with Gasteiger partial charge in [-0.05, 0) is 28.7 Å². The van der Waals surface area contributed by atoms with Gasteiger partial charge in [0.2, 0.25) is 0 Å². The molecule has 114 valence electrons. The van der Waals surface area contributed by atoms with Gasteiger partial charge in [0.25, 0.3) is 0 Å². The average Bonchev–Trinajstić information content (AvgIpc) is 2.71. The van der Waals surface area contributed by atoms with E-state index < -0.39 is 0 Å². The second kappa shape index (κ2) is 6.57. The Morgan fingerprint density at radius 1 is 1.05 bits per heavy atom. The summed E-state index contributed by atoms with van der Waals surface area (Å²) in [6, 6.07) is 17.2. The maximum atomic E-state index is 8.49. The van der Waals surface area contributed by atoms with Crippen LogP contribution in [0.25, 0.3) is 11.1 Å². The standard InChI is InChI=1S/C19H22N2S/c1-3-14(2)22-19(20)21-12-15-8-4-6-10-17(15)18-11-7-5-9-16(18)13-21/h4-11,14,20H,3,12-13H2,1-2H3. The largest absolute Gasteiger partial charge is 0.343 e. The highest BCUT2D eigenvalue weighted by atomic mass is 32.2. The van der Waals surface area contributed by atoms with Gasteiger partial charge in [-0.25, -0.2) is 0 Å². The summed E-state index contributed by atoms with van der Waals surface area (Å²) < 4.78 is 0. The molecule has 1 unspecified atom stereocenters. The van der Waals surface area contributed by atoms with Crippen molar-refractivity contribution in [2.24, 2.45) is 0 Å². The monoisotopic (exact) mass is 310 g/mol. The lowest BCUT2D eigenvalue weighted by Gasteiger charge is -2.25. The quantitative estimate of drug-likeness (QED) is 0.614. The topological polar surface area (TPSA) is 27.1 Å². The van der Waals surface area contributed by atoms with Gasteiger partial charge < -0.3 is 4.90 Å². The number of fused-ring (bicyclic) bond motifs is 3. The van der Waals surface area contributed by atoms with Crippen LogP contribution >= 0.6 is 11.8 Å². The Bertz CT molecular complexity index is 633. The first-order valence-corrected chi connectivity index (χ1v) is 8.73. The Kier molecular flexibility index (Phi) is 4.53. The molecule has 0 bridgehead atoms. The lowest BCUT2D eigenvalue weighted by molar-refractivity contribution is 0.417. The van der Waals surface area contributed by atoms with Crippen molar-refractivity contribution in [2.45, 2.75) is 38.6 Å². The molecule has 1 aliphatic heterocycles. The average molecular weight is 310 g/mol. The molecule has 3 heteroatoms. The van der Waals surface area contributed by atoms with E-state index in [0.717, 1.165) is 19.5 Å². The number of hydrogen-bond acceptors (Lipinski definition) is 2. The van der Waals surface area contributed by atoms with Crippen LogP contribution in [0.2, 0.25) is 0 Å². The first-order valence-electron chi connectivity index (χ1n) is 7.85. The molecule has 0 aromatic heterocycles. The maximum Gasteiger partial charge on any atom is 0.157 e. The van der Waals surface area contributed by atoms with E-state index >= 15 is 0 Å². The van der Waals surface area contributed by atoms with Crippen molar-refractivity contribution in [3.63, 3.8) is 0 Å². The number of thioether (sulfide) groups is 1. The fraction of sp³-hybridized carbons (Fsp3) is 0.316. The molecule has 22 heavy (non-hydrogen) atoms. The van der Waals surface area contributed by atoms with Crippen molar-refractivity contribution in [3.05, 3.63) is 59.7 Å². The fourth-order valence-corrected chi connectivity index (χ4v) is 3.63. The third-order valence-electron chi connectivity index (χ3n) is 4.22. The fourth-order valence-electron chi connectivity index (χ4n) is 2.80. The van der Waals surface area contributed by atoms with Crippen molar-refractivity contribution in [1.82, 2.24) is 4.90 Å². The first-order chi connectivity index (χ1) is 10.7. The summed E-state index contributed by atoms with van der Waals surface area (Å²) in [5, 5.41) is 9.65. The van der Waals surface area contributed by atoms with Crippen LogP contribution < -0.4 is 0 Å². The molecule has 2 aromatic rings. The molecule has 0 saturated heterocycles. The highest BCUT2D eigenvalue weighted by Gasteiger charge is 2.21. The van der Waals surface area contributed by atoms with Gasteiger partial charge in [0.05, 0.1) is 0 Å². The molecule has 1 atom stereocenters. The van der Waals surface area contributed by atoms with Crippen LogP contribution in [0.5, 0.6) is 0 Å². The molecular weight excluding hydrogens is 288 g/mol. The molecule has 1 aliphatic rings. The van der Waals surface area contributed by atoms with Crippen molar-refractivity contribution in [2.75, 3.05) is 0 Å². The first kappa shape index (κ1) is 15.2. The minimum atomic E-state index is 0.487. The second-order valence-corrected chi connectivity index (χ2v) is 7.24. The van der Waals surface area contributed by atoms with Crippen LogP contribution in [-0.4, -0.2) is 15.3 Å². The zero-order chi connectivity index (χ0) is 15.5. The van der Waals surface area contributed by atoms with E-state index in [0.29, 0.717) is 10.4 Å². The highest BCUT2D eigenvalue weighted by molar-refractivity contribution is 8.14. The molecule has 2 nitrogen and oxygen atoms in total. The third kappa shape index (κ3) is 3.05. The summed E-state index contributed by atoms with van der Waals surface area (Å²) in [5.41, 5.74) is 5.23. The Morgan fingerprint density at radius 2 is 1.55 bits per heavy atom. The van der Waals surface area contributed by atoms with Crippen LogP contribution in [0, 0.1) is 5.41 Å². The van der Waals surface area contributed by atoms with Crippen molar-refractivity contribution in [1.29, 1.82) is 5.41 Å². The summed E-state index contributed by atoms with van der Waals surface area (Å²) in [4.78, 5) is 2.20. The Morgan fingerprint density at radius 3 is 2.05 bits per heavy atom. The van der Waals surface area contributed by atoms with E-state index in [2.05, 4.69) is 67.3 Å². The number of nitrogens with zero attached hydrogens (tertiary/aromatic N) is 1. The summed E-state index contributed by atoms with van der Waals surface area (Å²) in [6.45, 7) is 6.00. The third-order valence-corrected chi connectivity index (χ3v) is 5.44. The lowest BCUT2D eigenvalue weighted by atomic mass is 9.97. The van der Waals surface area contributed by atoms with Gasteiger partial charge in [-0.15, -0.1) is 0 Å². The van der Waals surface area contributed by atoms with Gasteiger partial charge in [0.15, 0.2) is 5.17 Å². The maximum absolute atomic E-state index is 8.49. The van der Waals surface area contributed by atoms with E-state index in [1.54, 1.807) is 11.8 Å². The van der Waals surface area contributed by atoms with Crippen LogP contribution in [0.15, 0.2) is 48.5 Å². The summed E-state index contributed by atoms with van der Waals surface area (Å²) in [5.74, 6) is 0. The molecule has 0 spiro atoms. The van der Waals surface area contributed by atoms with Crippen molar-refractivity contribution >= 4 is 16.9 Å². The van der Waals surface area contributed by atoms with Crippen LogP contribution in [-0.2, 0) is 13.1 Å². The van der Waals surface area contributed by atoms with Gasteiger partial charge in [0, 0.05) is 18.3 Å². The molecule has 0 aliphatic carbocycles. The van der Waals surface area contributed by atoms with Crippen LogP contribution in [0.4, 0.5) is 0 Å². The number of rotatable bonds is 2. The smallest absolute Gasteiger partial charge is 0.157 e. The molecule has 0 fully saturated rings. The summed E-state index contributed by atoms with van der Waals surface area (Å²) in [6.07, 6.45) is 1.09. The second-order valence-electron chi connectivity index (χ2n) is 5.81. The normalized spacial score (nSPS) is 14.7. The van der Waals surface area contributed by atoms with Gasteiger partial charge in [-0.3, -0.25) is 5.41 Å². The molecule has 0 saturated carbocycles. The Hall–Kier alpha value is -1.74. The molecule has 3 rings (SSSR count). The molecule has 0 amide bonds. The highest BCUT2D eigenvalue weighted by Crippen LogP contribution is 2.33. The van der Waals surface area contributed by atoms with Crippen LogP contribution in [0.3, 0.4) is 0 Å². The molecule has 1 heterocycles. The predicted molar refractivity (Wildman–Crippen MR) is 96.2 cm³/mol. The zero-order valence-electron chi connectivity index (χ0n) is 13.2. The SMILES string of the molecule is CCC(C)SC(=N)N1Cc2ccccc2-c2ccccc2C1. The predicted octanol–water partition coefficient (Wildman–Crippen LogP) is 5.14. The van der Waals surface area contributed by atoms with Gasteiger partial charge >= 0.3 is 0 Å². The molecular formula is C19H22N2S. The van der Waals surface area contributed by atoms with Gasteiger partial charge in [0.1, 0.15) is 0 Å². The van der Waals surface area contributed by atoms with E-state index in [-0.39, 0.29) is 0 Å². The summed E-state index contributed by atoms with van der Waals surface area (Å²) in [7, 11) is 0. The Labute approximate surface area is 137 Å². The molecule has 0 radical (unpaired) electrons. The number of hydrogen-bond donors (Lipinski definition) is 1. The van der Waals surface area contributed by atoms with Gasteiger partial charge in [-0.2, -0.15) is 0 Å². The van der Waals surface area contributed by atoms with Crippen LogP contribution in [0.1, 0.15) is 31.4 Å². The summed E-state index contributed by atoms with van der Waals surface area (Å²) >= 11 is 1.67. The van der Waals surface area contributed by atoms with E-state index in [4.69, 9.17) is 5.41 Å². The zero-order valence-corrected chi connectivity index (χ0v) is 14.0. The number of amidine groups is 1. The van der Waals surface area contributed by atoms with E-state index in [1.165, 1.54) is 22.3 Å². The van der Waals surface area contributed by atoms with Crippen molar-refractivity contribution < 1.29 is 0 Å². The van der Waals surface area contributed by atoms with Crippen molar-refractivity contribution in [3.8, 4) is 11.1 Å². The minimum Gasteiger partial charge on any atom is -0.343 e. The molecule has 2 aromatic carbocycles. The molecule has 1 N–H and O–H groups in total.